The zero-order valence-corrected chi connectivity index (χ0v) is 12.3. The Labute approximate surface area is 123 Å². The van der Waals surface area contributed by atoms with Crippen molar-refractivity contribution in [2.24, 2.45) is 0 Å². The topological polar surface area (TPSA) is 60.5 Å². The fourth-order valence-electron chi connectivity index (χ4n) is 2.06. The van der Waals surface area contributed by atoms with Crippen molar-refractivity contribution in [2.45, 2.75) is 13.0 Å². The molecule has 0 spiro atoms. The predicted octanol–water partition coefficient (Wildman–Crippen LogP) is 2.59. The Bertz CT molecular complexity index is 592. The fraction of sp³-hybridized carbons (Fsp3) is 0.250. The molecule has 5 heteroatoms. The molecule has 1 amide bonds. The molecule has 110 valence electrons. The number of amides is 1. The van der Waals surface area contributed by atoms with Gasteiger partial charge in [0, 0.05) is 12.4 Å². The molecule has 1 heterocycles. The highest BCUT2D eigenvalue weighted by Crippen LogP contribution is 2.28. The number of aromatic nitrogens is 1. The summed E-state index contributed by atoms with van der Waals surface area (Å²) in [5, 5.41) is 2.92. The van der Waals surface area contributed by atoms with E-state index in [4.69, 9.17) is 9.47 Å². The number of benzene rings is 1. The molecule has 0 fully saturated rings. The van der Waals surface area contributed by atoms with Crippen molar-refractivity contribution in [2.75, 3.05) is 14.2 Å². The van der Waals surface area contributed by atoms with E-state index in [2.05, 4.69) is 10.3 Å². The number of pyridine rings is 1. The van der Waals surface area contributed by atoms with E-state index >= 15 is 0 Å². The summed E-state index contributed by atoms with van der Waals surface area (Å²) >= 11 is 0. The summed E-state index contributed by atoms with van der Waals surface area (Å²) in [6.45, 7) is 1.90. The van der Waals surface area contributed by atoms with Crippen molar-refractivity contribution in [1.82, 2.24) is 10.3 Å². The van der Waals surface area contributed by atoms with E-state index < -0.39 is 0 Å². The number of nitrogens with one attached hydrogen (secondary N) is 1. The molecule has 21 heavy (non-hydrogen) atoms. The van der Waals surface area contributed by atoms with Crippen LogP contribution in [0.5, 0.6) is 11.5 Å². The Morgan fingerprint density at radius 1 is 1.14 bits per heavy atom. The van der Waals surface area contributed by atoms with Gasteiger partial charge in [0.25, 0.3) is 5.91 Å². The van der Waals surface area contributed by atoms with E-state index in [9.17, 15) is 4.79 Å². The van der Waals surface area contributed by atoms with E-state index in [1.807, 2.05) is 19.1 Å². The van der Waals surface area contributed by atoms with Crippen LogP contribution in [-0.2, 0) is 0 Å². The van der Waals surface area contributed by atoms with E-state index in [0.29, 0.717) is 17.1 Å². The van der Waals surface area contributed by atoms with Gasteiger partial charge in [-0.3, -0.25) is 9.78 Å². The van der Waals surface area contributed by atoms with Crippen LogP contribution < -0.4 is 14.8 Å². The van der Waals surface area contributed by atoms with Crippen LogP contribution in [0.3, 0.4) is 0 Å². The number of carbonyl (C=O) groups excluding carboxylic acids is 1. The molecule has 0 aliphatic carbocycles. The minimum atomic E-state index is -0.249. The van der Waals surface area contributed by atoms with Crippen molar-refractivity contribution in [3.63, 3.8) is 0 Å². The normalized spacial score (nSPS) is 11.6. The Hall–Kier alpha value is -2.56. The highest BCUT2D eigenvalue weighted by Gasteiger charge is 2.20. The lowest BCUT2D eigenvalue weighted by molar-refractivity contribution is 0.0933. The lowest BCUT2D eigenvalue weighted by atomic mass is 10.1. The molecule has 2 rings (SSSR count). The number of hydrogen-bond acceptors (Lipinski definition) is 4. The van der Waals surface area contributed by atoms with Crippen molar-refractivity contribution in [1.29, 1.82) is 0 Å². The van der Waals surface area contributed by atoms with Gasteiger partial charge in [-0.25, -0.2) is 0 Å². The monoisotopic (exact) mass is 286 g/mol. The van der Waals surface area contributed by atoms with Crippen LogP contribution in [0.4, 0.5) is 0 Å². The molecule has 0 saturated heterocycles. The Morgan fingerprint density at radius 2 is 1.81 bits per heavy atom. The first-order chi connectivity index (χ1) is 10.2. The Morgan fingerprint density at radius 3 is 2.33 bits per heavy atom. The van der Waals surface area contributed by atoms with Gasteiger partial charge in [-0.1, -0.05) is 12.1 Å². The molecule has 0 aliphatic heterocycles. The zero-order chi connectivity index (χ0) is 15.2. The summed E-state index contributed by atoms with van der Waals surface area (Å²) in [6, 6.07) is 8.82. The average molecular weight is 286 g/mol. The maximum absolute atomic E-state index is 12.5. The van der Waals surface area contributed by atoms with Crippen LogP contribution in [0.25, 0.3) is 0 Å². The first-order valence-electron chi connectivity index (χ1n) is 6.59. The first kappa shape index (κ1) is 14.8. The van der Waals surface area contributed by atoms with Gasteiger partial charge in [-0.05, 0) is 30.7 Å². The standard InChI is InChI=1S/C16H18N2O3/c1-11(12-6-5-9-17-10-12)18-16(19)15-13(20-2)7-4-8-14(15)21-3/h4-11H,1-3H3,(H,18,19). The van der Waals surface area contributed by atoms with Crippen molar-refractivity contribution >= 4 is 5.91 Å². The van der Waals surface area contributed by atoms with E-state index in [-0.39, 0.29) is 11.9 Å². The first-order valence-corrected chi connectivity index (χ1v) is 6.59. The summed E-state index contributed by atoms with van der Waals surface area (Å²) in [4.78, 5) is 16.5. The van der Waals surface area contributed by atoms with Crippen molar-refractivity contribution in [3.8, 4) is 11.5 Å². The average Bonchev–Trinajstić information content (AvgIpc) is 2.54. The van der Waals surface area contributed by atoms with Crippen LogP contribution in [0.1, 0.15) is 28.9 Å². The van der Waals surface area contributed by atoms with Crippen molar-refractivity contribution in [3.05, 3.63) is 53.9 Å². The molecule has 2 aromatic rings. The van der Waals surface area contributed by atoms with Gasteiger partial charge in [-0.15, -0.1) is 0 Å². The second-order valence-electron chi connectivity index (χ2n) is 4.52. The molecule has 0 saturated carbocycles. The predicted molar refractivity (Wildman–Crippen MR) is 79.7 cm³/mol. The SMILES string of the molecule is COc1cccc(OC)c1C(=O)NC(C)c1cccnc1. The van der Waals surface area contributed by atoms with E-state index in [0.717, 1.165) is 5.56 Å². The number of hydrogen-bond donors (Lipinski definition) is 1. The van der Waals surface area contributed by atoms with Crippen LogP contribution in [0, 0.1) is 0 Å². The molecule has 0 radical (unpaired) electrons. The third-order valence-electron chi connectivity index (χ3n) is 3.19. The van der Waals surface area contributed by atoms with Crippen molar-refractivity contribution < 1.29 is 14.3 Å². The Balaban J connectivity index is 2.25. The summed E-state index contributed by atoms with van der Waals surface area (Å²) in [5.74, 6) is 0.705. The fourth-order valence-corrected chi connectivity index (χ4v) is 2.06. The second-order valence-corrected chi connectivity index (χ2v) is 4.52. The van der Waals surface area contributed by atoms with Crippen LogP contribution in [0.15, 0.2) is 42.7 Å². The van der Waals surface area contributed by atoms with Crippen LogP contribution in [0.2, 0.25) is 0 Å². The maximum atomic E-state index is 12.5. The molecule has 1 aromatic carbocycles. The van der Waals surface area contributed by atoms with Gasteiger partial charge in [-0.2, -0.15) is 0 Å². The van der Waals surface area contributed by atoms with Gasteiger partial charge < -0.3 is 14.8 Å². The lowest BCUT2D eigenvalue weighted by Gasteiger charge is -2.17. The largest absolute Gasteiger partial charge is 0.496 e. The number of methoxy groups -OCH3 is 2. The number of carbonyl (C=O) groups is 1. The molecule has 0 aliphatic rings. The quantitative estimate of drug-likeness (QED) is 0.917. The van der Waals surface area contributed by atoms with Gasteiger partial charge in [0.1, 0.15) is 17.1 Å². The molecule has 5 nitrogen and oxygen atoms in total. The lowest BCUT2D eigenvalue weighted by Crippen LogP contribution is -2.27. The third-order valence-corrected chi connectivity index (χ3v) is 3.19. The maximum Gasteiger partial charge on any atom is 0.259 e. The summed E-state index contributed by atoms with van der Waals surface area (Å²) in [6.07, 6.45) is 3.42. The Kier molecular flexibility index (Phi) is 4.77. The molecule has 1 unspecified atom stereocenters. The summed E-state index contributed by atoms with van der Waals surface area (Å²) in [7, 11) is 3.05. The molecular weight excluding hydrogens is 268 g/mol. The van der Waals surface area contributed by atoms with Gasteiger partial charge in [0.2, 0.25) is 0 Å². The molecule has 0 bridgehead atoms. The van der Waals surface area contributed by atoms with E-state index in [1.165, 1.54) is 14.2 Å². The molecule has 1 aromatic heterocycles. The molecule has 1 N–H and O–H groups in total. The minimum Gasteiger partial charge on any atom is -0.496 e. The highest BCUT2D eigenvalue weighted by atomic mass is 16.5. The van der Waals surface area contributed by atoms with Crippen LogP contribution >= 0.6 is 0 Å². The number of rotatable bonds is 5. The van der Waals surface area contributed by atoms with Crippen LogP contribution in [-0.4, -0.2) is 25.1 Å². The van der Waals surface area contributed by atoms with Gasteiger partial charge >= 0.3 is 0 Å². The minimum absolute atomic E-state index is 0.166. The second kappa shape index (κ2) is 6.74. The zero-order valence-electron chi connectivity index (χ0n) is 12.3. The molecule has 1 atom stereocenters. The number of ether oxygens (including phenoxy) is 2. The van der Waals surface area contributed by atoms with E-state index in [1.54, 1.807) is 30.6 Å². The summed E-state index contributed by atoms with van der Waals surface area (Å²) < 4.78 is 10.5. The number of nitrogens with zero attached hydrogens (tertiary/aromatic N) is 1. The van der Waals surface area contributed by atoms with Gasteiger partial charge in [0.15, 0.2) is 0 Å². The highest BCUT2D eigenvalue weighted by molar-refractivity contribution is 5.99. The van der Waals surface area contributed by atoms with Gasteiger partial charge in [0.05, 0.1) is 20.3 Å². The molecular formula is C16H18N2O3. The smallest absolute Gasteiger partial charge is 0.259 e. The third kappa shape index (κ3) is 3.31. The summed E-state index contributed by atoms with van der Waals surface area (Å²) in [5.41, 5.74) is 1.32.